The summed E-state index contributed by atoms with van der Waals surface area (Å²) in [5.74, 6) is -0.160. The van der Waals surface area contributed by atoms with Gasteiger partial charge in [-0.2, -0.15) is 0 Å². The number of benzene rings is 2. The Morgan fingerprint density at radius 2 is 1.85 bits per heavy atom. The highest BCUT2D eigenvalue weighted by atomic mass is 35.5. The lowest BCUT2D eigenvalue weighted by molar-refractivity contribution is 0.0950. The third-order valence-electron chi connectivity index (χ3n) is 3.93. The molecular formula is C20H17Cl2N3O2. The van der Waals surface area contributed by atoms with Gasteiger partial charge >= 0.3 is 0 Å². The van der Waals surface area contributed by atoms with E-state index in [0.717, 1.165) is 5.69 Å². The van der Waals surface area contributed by atoms with E-state index in [2.05, 4.69) is 15.6 Å². The Kier molecular flexibility index (Phi) is 6.16. The molecule has 3 rings (SSSR count). The van der Waals surface area contributed by atoms with Crippen molar-refractivity contribution in [3.8, 4) is 5.75 Å². The summed E-state index contributed by atoms with van der Waals surface area (Å²) < 4.78 is 0. The fourth-order valence-corrected chi connectivity index (χ4v) is 2.99. The Bertz CT molecular complexity index is 929. The number of nitrogens with zero attached hydrogens (tertiary/aromatic N) is 1. The standard InChI is InChI=1S/C20H17Cl2N3O2/c21-17-5-3-6-19(26)16(17)12-24-13-7-8-15(18(22)10-13)20(27)25-11-14-4-1-2-9-23-14/h1-10,24,26H,11-12H2,(H,25,27). The average molecular weight is 402 g/mol. The molecule has 1 amide bonds. The highest BCUT2D eigenvalue weighted by Gasteiger charge is 2.12. The molecule has 1 aromatic heterocycles. The third-order valence-corrected chi connectivity index (χ3v) is 4.60. The van der Waals surface area contributed by atoms with Gasteiger partial charge in [0.15, 0.2) is 0 Å². The summed E-state index contributed by atoms with van der Waals surface area (Å²) in [5, 5.41) is 16.6. The second-order valence-corrected chi connectivity index (χ2v) is 6.60. The number of carbonyl (C=O) groups excluding carboxylic acids is 1. The van der Waals surface area contributed by atoms with Gasteiger partial charge in [-0.15, -0.1) is 0 Å². The van der Waals surface area contributed by atoms with E-state index in [0.29, 0.717) is 39.9 Å². The molecular weight excluding hydrogens is 385 g/mol. The van der Waals surface area contributed by atoms with Crippen LogP contribution in [0.4, 0.5) is 5.69 Å². The predicted octanol–water partition coefficient (Wildman–Crippen LogP) is 4.64. The Labute approximate surface area is 167 Å². The molecule has 0 aliphatic heterocycles. The maximum absolute atomic E-state index is 12.3. The predicted molar refractivity (Wildman–Crippen MR) is 107 cm³/mol. The summed E-state index contributed by atoms with van der Waals surface area (Å²) in [6.45, 7) is 0.648. The molecule has 3 N–H and O–H groups in total. The Hall–Kier alpha value is -2.76. The van der Waals surface area contributed by atoms with Gasteiger partial charge in [0.05, 0.1) is 22.8 Å². The molecule has 0 saturated heterocycles. The van der Waals surface area contributed by atoms with E-state index >= 15 is 0 Å². The van der Waals surface area contributed by atoms with E-state index in [9.17, 15) is 9.90 Å². The lowest BCUT2D eigenvalue weighted by Gasteiger charge is -2.12. The molecule has 0 radical (unpaired) electrons. The fraction of sp³-hybridized carbons (Fsp3) is 0.100. The van der Waals surface area contributed by atoms with Gasteiger partial charge in [0.2, 0.25) is 0 Å². The number of phenolic OH excluding ortho intramolecular Hbond substituents is 1. The number of rotatable bonds is 6. The van der Waals surface area contributed by atoms with Gasteiger partial charge in [-0.05, 0) is 42.5 Å². The molecule has 0 unspecified atom stereocenters. The monoisotopic (exact) mass is 401 g/mol. The lowest BCUT2D eigenvalue weighted by atomic mass is 10.1. The molecule has 5 nitrogen and oxygen atoms in total. The molecule has 0 atom stereocenters. The van der Waals surface area contributed by atoms with Crippen LogP contribution in [-0.4, -0.2) is 16.0 Å². The summed E-state index contributed by atoms with van der Waals surface area (Å²) in [6, 6.07) is 15.5. The van der Waals surface area contributed by atoms with Crippen molar-refractivity contribution in [2.75, 3.05) is 5.32 Å². The largest absolute Gasteiger partial charge is 0.508 e. The fourth-order valence-electron chi connectivity index (χ4n) is 2.49. The molecule has 7 heteroatoms. The maximum Gasteiger partial charge on any atom is 0.253 e. The molecule has 1 heterocycles. The molecule has 0 aliphatic rings. The number of halogens is 2. The minimum Gasteiger partial charge on any atom is -0.508 e. The van der Waals surface area contributed by atoms with E-state index in [1.807, 2.05) is 18.2 Å². The Morgan fingerprint density at radius 3 is 2.56 bits per heavy atom. The van der Waals surface area contributed by atoms with Gasteiger partial charge in [-0.3, -0.25) is 9.78 Å². The number of aromatic nitrogens is 1. The highest BCUT2D eigenvalue weighted by molar-refractivity contribution is 6.34. The van der Waals surface area contributed by atoms with Crippen LogP contribution in [0.2, 0.25) is 10.0 Å². The number of aromatic hydroxyl groups is 1. The average Bonchev–Trinajstić information content (AvgIpc) is 2.66. The van der Waals surface area contributed by atoms with Crippen molar-refractivity contribution in [2.45, 2.75) is 13.1 Å². The first-order valence-corrected chi connectivity index (χ1v) is 8.98. The van der Waals surface area contributed by atoms with Crippen molar-refractivity contribution in [3.63, 3.8) is 0 Å². The second-order valence-electron chi connectivity index (χ2n) is 5.79. The first-order chi connectivity index (χ1) is 13.0. The van der Waals surface area contributed by atoms with Crippen LogP contribution >= 0.6 is 23.2 Å². The van der Waals surface area contributed by atoms with Crippen LogP contribution in [0, 0.1) is 0 Å². The van der Waals surface area contributed by atoms with Crippen LogP contribution in [0.15, 0.2) is 60.8 Å². The molecule has 0 bridgehead atoms. The summed E-state index contributed by atoms with van der Waals surface area (Å²) in [7, 11) is 0. The molecule has 0 spiro atoms. The van der Waals surface area contributed by atoms with Crippen molar-refractivity contribution in [3.05, 3.63) is 87.7 Å². The Morgan fingerprint density at radius 1 is 1.00 bits per heavy atom. The van der Waals surface area contributed by atoms with E-state index in [1.165, 1.54) is 0 Å². The minimum absolute atomic E-state index is 0.117. The first kappa shape index (κ1) is 19.0. The van der Waals surface area contributed by atoms with Crippen molar-refractivity contribution >= 4 is 34.8 Å². The van der Waals surface area contributed by atoms with Gasteiger partial charge in [0.1, 0.15) is 5.75 Å². The van der Waals surface area contributed by atoms with E-state index in [1.54, 1.807) is 42.6 Å². The van der Waals surface area contributed by atoms with Gasteiger partial charge in [-0.25, -0.2) is 0 Å². The lowest BCUT2D eigenvalue weighted by Crippen LogP contribution is -2.23. The number of anilines is 1. The minimum atomic E-state index is -0.277. The summed E-state index contributed by atoms with van der Waals surface area (Å²) in [6.07, 6.45) is 1.67. The van der Waals surface area contributed by atoms with Gasteiger partial charge in [-0.1, -0.05) is 35.3 Å². The number of amides is 1. The molecule has 3 aromatic rings. The quantitative estimate of drug-likeness (QED) is 0.562. The highest BCUT2D eigenvalue weighted by Crippen LogP contribution is 2.27. The van der Waals surface area contributed by atoms with Crippen molar-refractivity contribution in [1.82, 2.24) is 10.3 Å². The van der Waals surface area contributed by atoms with Crippen LogP contribution < -0.4 is 10.6 Å². The van der Waals surface area contributed by atoms with Gasteiger partial charge in [0.25, 0.3) is 5.91 Å². The van der Waals surface area contributed by atoms with Crippen molar-refractivity contribution < 1.29 is 9.90 Å². The zero-order valence-corrected chi connectivity index (χ0v) is 15.8. The number of hydrogen-bond donors (Lipinski definition) is 3. The topological polar surface area (TPSA) is 74.2 Å². The number of hydrogen-bond acceptors (Lipinski definition) is 4. The summed E-state index contributed by atoms with van der Waals surface area (Å²) >= 11 is 12.4. The second kappa shape index (κ2) is 8.75. The molecule has 2 aromatic carbocycles. The van der Waals surface area contributed by atoms with Crippen LogP contribution in [-0.2, 0) is 13.1 Å². The molecule has 27 heavy (non-hydrogen) atoms. The van der Waals surface area contributed by atoms with Crippen molar-refractivity contribution in [1.29, 1.82) is 0 Å². The van der Waals surface area contributed by atoms with Crippen LogP contribution in [0.3, 0.4) is 0 Å². The number of carbonyl (C=O) groups is 1. The SMILES string of the molecule is O=C(NCc1ccccn1)c1ccc(NCc2c(O)cccc2Cl)cc1Cl. The zero-order valence-electron chi connectivity index (χ0n) is 14.2. The maximum atomic E-state index is 12.3. The van der Waals surface area contributed by atoms with Crippen LogP contribution in [0.25, 0.3) is 0 Å². The van der Waals surface area contributed by atoms with Gasteiger partial charge in [0, 0.05) is 29.0 Å². The van der Waals surface area contributed by atoms with Crippen LogP contribution in [0.5, 0.6) is 5.75 Å². The number of nitrogens with one attached hydrogen (secondary N) is 2. The van der Waals surface area contributed by atoms with Crippen LogP contribution in [0.1, 0.15) is 21.6 Å². The zero-order chi connectivity index (χ0) is 19.2. The van der Waals surface area contributed by atoms with E-state index in [-0.39, 0.29) is 11.7 Å². The van der Waals surface area contributed by atoms with Crippen molar-refractivity contribution in [2.24, 2.45) is 0 Å². The molecule has 138 valence electrons. The first-order valence-electron chi connectivity index (χ1n) is 8.22. The normalized spacial score (nSPS) is 10.4. The summed E-state index contributed by atoms with van der Waals surface area (Å²) in [5.41, 5.74) is 2.44. The molecule has 0 aliphatic carbocycles. The molecule has 0 saturated carbocycles. The Balaban J connectivity index is 1.64. The van der Waals surface area contributed by atoms with E-state index < -0.39 is 0 Å². The van der Waals surface area contributed by atoms with Gasteiger partial charge < -0.3 is 15.7 Å². The number of pyridine rings is 1. The third kappa shape index (κ3) is 4.90. The number of phenols is 1. The molecule has 0 fully saturated rings. The van der Waals surface area contributed by atoms with E-state index in [4.69, 9.17) is 23.2 Å². The summed E-state index contributed by atoms with van der Waals surface area (Å²) in [4.78, 5) is 16.5. The smallest absolute Gasteiger partial charge is 0.253 e.